The molecular weight excluding hydrogens is 381 g/mol. The van der Waals surface area contributed by atoms with Crippen LogP contribution in [0.3, 0.4) is 0 Å². The zero-order valence-electron chi connectivity index (χ0n) is 14.9. The molecule has 26 heavy (non-hydrogen) atoms. The largest absolute Gasteiger partial charge is 0.416 e. The normalized spacial score (nSPS) is 14.5. The number of benzene rings is 2. The van der Waals surface area contributed by atoms with Gasteiger partial charge in [0.05, 0.1) is 16.9 Å². The van der Waals surface area contributed by atoms with Crippen LogP contribution in [0.1, 0.15) is 12.5 Å². The van der Waals surface area contributed by atoms with Gasteiger partial charge in [0.2, 0.25) is 0 Å². The zero-order chi connectivity index (χ0) is 18.2. The van der Waals surface area contributed by atoms with Crippen molar-refractivity contribution in [2.24, 2.45) is 5.92 Å². The number of halogens is 4. The van der Waals surface area contributed by atoms with Crippen LogP contribution in [0.25, 0.3) is 0 Å². The molecule has 0 radical (unpaired) electrons. The van der Waals surface area contributed by atoms with Crippen molar-refractivity contribution in [3.05, 3.63) is 48.0 Å². The van der Waals surface area contributed by atoms with Gasteiger partial charge in [-0.3, -0.25) is 0 Å². The Morgan fingerprint density at radius 2 is 1.69 bits per heavy atom. The van der Waals surface area contributed by atoms with Crippen molar-refractivity contribution in [1.29, 1.82) is 0 Å². The Bertz CT molecular complexity index is 765. The Kier molecular flexibility index (Phi) is 6.53. The van der Waals surface area contributed by atoms with E-state index >= 15 is 0 Å². The molecule has 7 heteroatoms. The molecule has 2 aromatic rings. The van der Waals surface area contributed by atoms with Crippen molar-refractivity contribution < 1.29 is 13.2 Å². The lowest BCUT2D eigenvalue weighted by Gasteiger charge is -2.35. The molecule has 1 aliphatic rings. The monoisotopic (exact) mass is 402 g/mol. The summed E-state index contributed by atoms with van der Waals surface area (Å²) >= 11 is 1.53. The van der Waals surface area contributed by atoms with Crippen LogP contribution in [0.5, 0.6) is 0 Å². The molecule has 0 unspecified atom stereocenters. The summed E-state index contributed by atoms with van der Waals surface area (Å²) in [5, 5.41) is 0. The first kappa shape index (κ1) is 20.9. The van der Waals surface area contributed by atoms with Crippen LogP contribution < -0.4 is 4.90 Å². The Morgan fingerprint density at radius 1 is 1.04 bits per heavy atom. The van der Waals surface area contributed by atoms with E-state index in [2.05, 4.69) is 11.8 Å². The lowest BCUT2D eigenvalue weighted by molar-refractivity contribution is -0.137. The summed E-state index contributed by atoms with van der Waals surface area (Å²) in [6, 6.07) is 11.9. The molecule has 0 fully saturated rings. The summed E-state index contributed by atoms with van der Waals surface area (Å²) in [5.41, 5.74) is 1.02. The second-order valence-electron chi connectivity index (χ2n) is 6.73. The third-order valence-electron chi connectivity index (χ3n) is 4.12. The van der Waals surface area contributed by atoms with E-state index in [0.29, 0.717) is 18.2 Å². The van der Waals surface area contributed by atoms with E-state index in [1.165, 1.54) is 23.9 Å². The smallest absolute Gasteiger partial charge is 0.339 e. The average Bonchev–Trinajstić information content (AvgIpc) is 2.52. The Morgan fingerprint density at radius 3 is 2.35 bits per heavy atom. The van der Waals surface area contributed by atoms with Crippen molar-refractivity contribution in [3.8, 4) is 0 Å². The minimum atomic E-state index is -4.34. The van der Waals surface area contributed by atoms with Gasteiger partial charge in [0, 0.05) is 22.9 Å². The number of hydrogen-bond donors (Lipinski definition) is 0. The Hall–Kier alpha value is -1.37. The molecule has 0 saturated heterocycles. The van der Waals surface area contributed by atoms with E-state index in [9.17, 15) is 13.2 Å². The van der Waals surface area contributed by atoms with Crippen LogP contribution >= 0.6 is 24.2 Å². The molecule has 1 heterocycles. The second-order valence-corrected chi connectivity index (χ2v) is 7.81. The summed E-state index contributed by atoms with van der Waals surface area (Å²) in [7, 11) is 4.01. The highest BCUT2D eigenvalue weighted by Crippen LogP contribution is 2.49. The van der Waals surface area contributed by atoms with Crippen LogP contribution in [0.2, 0.25) is 0 Å². The molecule has 2 nitrogen and oxygen atoms in total. The van der Waals surface area contributed by atoms with Crippen molar-refractivity contribution in [1.82, 2.24) is 4.90 Å². The van der Waals surface area contributed by atoms with Gasteiger partial charge in [0.15, 0.2) is 0 Å². The number of anilines is 2. The van der Waals surface area contributed by atoms with Gasteiger partial charge >= 0.3 is 6.18 Å². The summed E-state index contributed by atoms with van der Waals surface area (Å²) < 4.78 is 39.6. The van der Waals surface area contributed by atoms with Gasteiger partial charge in [-0.2, -0.15) is 13.2 Å². The van der Waals surface area contributed by atoms with E-state index < -0.39 is 11.7 Å². The molecule has 0 amide bonds. The molecule has 2 aromatic carbocycles. The molecule has 0 spiro atoms. The van der Waals surface area contributed by atoms with Gasteiger partial charge in [-0.15, -0.1) is 12.4 Å². The average molecular weight is 403 g/mol. The van der Waals surface area contributed by atoms with Crippen LogP contribution in [-0.2, 0) is 6.18 Å². The Labute approximate surface area is 162 Å². The van der Waals surface area contributed by atoms with Gasteiger partial charge in [-0.05, 0) is 50.3 Å². The molecule has 0 aliphatic carbocycles. The van der Waals surface area contributed by atoms with Gasteiger partial charge in [0.25, 0.3) is 0 Å². The second kappa shape index (κ2) is 8.11. The number of rotatable bonds is 4. The third-order valence-corrected chi connectivity index (χ3v) is 5.25. The first-order valence-corrected chi connectivity index (χ1v) is 8.98. The molecular formula is C19H22ClF3N2S. The fourth-order valence-electron chi connectivity index (χ4n) is 3.20. The topological polar surface area (TPSA) is 6.48 Å². The summed E-state index contributed by atoms with van der Waals surface area (Å²) in [5.74, 6) is 0.313. The van der Waals surface area contributed by atoms with E-state index in [-0.39, 0.29) is 12.4 Å². The first-order valence-electron chi connectivity index (χ1n) is 8.16. The minimum absolute atomic E-state index is 0. The van der Waals surface area contributed by atoms with Gasteiger partial charge < -0.3 is 9.80 Å². The highest BCUT2D eigenvalue weighted by Gasteiger charge is 2.33. The van der Waals surface area contributed by atoms with Crippen molar-refractivity contribution in [2.75, 3.05) is 32.1 Å². The van der Waals surface area contributed by atoms with E-state index in [0.717, 1.165) is 22.0 Å². The van der Waals surface area contributed by atoms with Crippen LogP contribution in [0.15, 0.2) is 52.3 Å². The number of nitrogens with zero attached hydrogens (tertiary/aromatic N) is 2. The molecule has 1 atom stereocenters. The number of para-hydroxylation sites is 1. The molecule has 3 rings (SSSR count). The number of hydrogen-bond acceptors (Lipinski definition) is 3. The maximum absolute atomic E-state index is 13.2. The minimum Gasteiger partial charge on any atom is -0.339 e. The summed E-state index contributed by atoms with van der Waals surface area (Å²) in [4.78, 5) is 6.07. The van der Waals surface area contributed by atoms with E-state index in [4.69, 9.17) is 0 Å². The van der Waals surface area contributed by atoms with Gasteiger partial charge in [-0.25, -0.2) is 0 Å². The standard InChI is InChI=1S/C19H21F3N2S.ClH/c1-13(11-23(2)3)12-24-15-6-4-5-7-17(15)25-18-9-8-14(10-16(18)24)19(20,21)22;/h4-10,13H,11-12H2,1-3H3;1H/t13-;/m0./s1. The SMILES string of the molecule is C[C@@H](CN(C)C)CN1c2ccccc2Sc2ccc(C(F)(F)F)cc21.Cl. The predicted octanol–water partition coefficient (Wildman–Crippen LogP) is 5.93. The number of fused-ring (bicyclic) bond motifs is 2. The van der Waals surface area contributed by atoms with Crippen LogP contribution in [0.4, 0.5) is 24.5 Å². The highest BCUT2D eigenvalue weighted by atomic mass is 35.5. The van der Waals surface area contributed by atoms with Gasteiger partial charge in [-0.1, -0.05) is 30.8 Å². The van der Waals surface area contributed by atoms with E-state index in [1.54, 1.807) is 6.07 Å². The lowest BCUT2D eigenvalue weighted by Crippen LogP contribution is -2.31. The van der Waals surface area contributed by atoms with Crippen molar-refractivity contribution >= 4 is 35.5 Å². The highest BCUT2D eigenvalue weighted by molar-refractivity contribution is 7.99. The van der Waals surface area contributed by atoms with Gasteiger partial charge in [0.1, 0.15) is 0 Å². The maximum Gasteiger partial charge on any atom is 0.416 e. The first-order chi connectivity index (χ1) is 11.8. The van der Waals surface area contributed by atoms with Crippen LogP contribution in [0, 0.1) is 5.92 Å². The van der Waals surface area contributed by atoms with Crippen molar-refractivity contribution in [2.45, 2.75) is 22.9 Å². The maximum atomic E-state index is 13.2. The molecule has 1 aliphatic heterocycles. The predicted molar refractivity (Wildman–Crippen MR) is 104 cm³/mol. The lowest BCUT2D eigenvalue weighted by atomic mass is 10.1. The van der Waals surface area contributed by atoms with Crippen LogP contribution in [-0.4, -0.2) is 32.1 Å². The number of alkyl halides is 3. The molecule has 0 bridgehead atoms. The molecule has 0 aromatic heterocycles. The van der Waals surface area contributed by atoms with E-state index in [1.807, 2.05) is 43.3 Å². The summed E-state index contributed by atoms with van der Waals surface area (Å²) in [6.07, 6.45) is -4.34. The van der Waals surface area contributed by atoms with Crippen molar-refractivity contribution in [3.63, 3.8) is 0 Å². The molecule has 0 N–H and O–H groups in total. The molecule has 142 valence electrons. The quantitative estimate of drug-likeness (QED) is 0.626. The fourth-order valence-corrected chi connectivity index (χ4v) is 4.27. The third kappa shape index (κ3) is 4.48. The summed E-state index contributed by atoms with van der Waals surface area (Å²) in [6.45, 7) is 3.67. The Balaban J connectivity index is 0.00000243. The molecule has 0 saturated carbocycles. The fraction of sp³-hybridized carbons (Fsp3) is 0.368. The zero-order valence-corrected chi connectivity index (χ0v) is 16.5.